The smallest absolute Gasteiger partial charge is 0.118 e. The standard InChI is InChI=1S/C13H16O3/c1-8-12(5-11-7-16-11)9(2-3-13(8)14)4-10-6-15-10/h2-3,10-11,14H,4-7H2,1H3. The molecule has 2 heterocycles. The van der Waals surface area contributed by atoms with E-state index in [-0.39, 0.29) is 0 Å². The van der Waals surface area contributed by atoms with E-state index < -0.39 is 0 Å². The molecule has 0 amide bonds. The number of epoxide rings is 2. The summed E-state index contributed by atoms with van der Waals surface area (Å²) in [5, 5.41) is 9.74. The third-order valence-corrected chi connectivity index (χ3v) is 3.35. The lowest BCUT2D eigenvalue weighted by Crippen LogP contribution is -2.04. The molecule has 3 heteroatoms. The van der Waals surface area contributed by atoms with Crippen LogP contribution >= 0.6 is 0 Å². The van der Waals surface area contributed by atoms with Crippen LogP contribution in [0.1, 0.15) is 16.7 Å². The Morgan fingerprint density at radius 1 is 1.19 bits per heavy atom. The van der Waals surface area contributed by atoms with Gasteiger partial charge >= 0.3 is 0 Å². The average Bonchev–Trinajstić information content (AvgIpc) is 3.11. The van der Waals surface area contributed by atoms with Gasteiger partial charge in [0.2, 0.25) is 0 Å². The first-order valence-corrected chi connectivity index (χ1v) is 5.77. The minimum Gasteiger partial charge on any atom is -0.508 e. The topological polar surface area (TPSA) is 45.3 Å². The van der Waals surface area contributed by atoms with E-state index in [2.05, 4.69) is 0 Å². The highest BCUT2D eigenvalue weighted by atomic mass is 16.6. The molecule has 2 saturated heterocycles. The van der Waals surface area contributed by atoms with Gasteiger partial charge in [-0.15, -0.1) is 0 Å². The molecule has 2 aliphatic heterocycles. The first-order chi connectivity index (χ1) is 7.74. The Labute approximate surface area is 95.0 Å². The molecule has 2 unspecified atom stereocenters. The van der Waals surface area contributed by atoms with Crippen LogP contribution in [0.4, 0.5) is 0 Å². The minimum absolute atomic E-state index is 0.361. The van der Waals surface area contributed by atoms with Gasteiger partial charge in [-0.3, -0.25) is 0 Å². The number of hydrogen-bond donors (Lipinski definition) is 1. The molecule has 3 nitrogen and oxygen atoms in total. The normalized spacial score (nSPS) is 26.8. The number of ether oxygens (including phenoxy) is 2. The molecule has 0 aromatic heterocycles. The van der Waals surface area contributed by atoms with Crippen LogP contribution in [0.15, 0.2) is 12.1 Å². The summed E-state index contributed by atoms with van der Waals surface area (Å²) in [7, 11) is 0. The molecule has 0 aliphatic carbocycles. The van der Waals surface area contributed by atoms with Gasteiger partial charge in [0.1, 0.15) is 5.75 Å². The monoisotopic (exact) mass is 220 g/mol. The summed E-state index contributed by atoms with van der Waals surface area (Å²) in [6.07, 6.45) is 2.63. The Hall–Kier alpha value is -1.06. The molecule has 2 fully saturated rings. The maximum atomic E-state index is 9.74. The predicted molar refractivity (Wildman–Crippen MR) is 59.7 cm³/mol. The van der Waals surface area contributed by atoms with Crippen molar-refractivity contribution in [1.29, 1.82) is 0 Å². The summed E-state index contributed by atoms with van der Waals surface area (Å²) >= 11 is 0. The largest absolute Gasteiger partial charge is 0.508 e. The van der Waals surface area contributed by atoms with Gasteiger partial charge in [-0.1, -0.05) is 6.07 Å². The van der Waals surface area contributed by atoms with E-state index in [0.29, 0.717) is 18.0 Å². The number of aromatic hydroxyl groups is 1. The van der Waals surface area contributed by atoms with Crippen LogP contribution in [0.3, 0.4) is 0 Å². The summed E-state index contributed by atoms with van der Waals surface area (Å²) in [5.74, 6) is 0.385. The fourth-order valence-corrected chi connectivity index (χ4v) is 2.12. The molecule has 0 bridgehead atoms. The van der Waals surface area contributed by atoms with Crippen molar-refractivity contribution in [2.24, 2.45) is 0 Å². The third-order valence-electron chi connectivity index (χ3n) is 3.35. The van der Waals surface area contributed by atoms with Crippen LogP contribution in [-0.4, -0.2) is 30.5 Å². The summed E-state index contributed by atoms with van der Waals surface area (Å²) < 4.78 is 10.5. The zero-order valence-corrected chi connectivity index (χ0v) is 9.40. The van der Waals surface area contributed by atoms with Crippen molar-refractivity contribution < 1.29 is 14.6 Å². The van der Waals surface area contributed by atoms with E-state index in [0.717, 1.165) is 31.6 Å². The maximum absolute atomic E-state index is 9.74. The summed E-state index contributed by atoms with van der Waals surface area (Å²) in [6, 6.07) is 3.80. The average molecular weight is 220 g/mol. The van der Waals surface area contributed by atoms with E-state index >= 15 is 0 Å². The predicted octanol–water partition coefficient (Wildman–Crippen LogP) is 1.58. The second kappa shape index (κ2) is 3.75. The van der Waals surface area contributed by atoms with Crippen LogP contribution < -0.4 is 0 Å². The van der Waals surface area contributed by atoms with Gasteiger partial charge in [0.25, 0.3) is 0 Å². The first kappa shape index (κ1) is 10.1. The molecular formula is C13H16O3. The van der Waals surface area contributed by atoms with E-state index in [1.54, 1.807) is 6.07 Å². The quantitative estimate of drug-likeness (QED) is 0.784. The molecule has 16 heavy (non-hydrogen) atoms. The zero-order chi connectivity index (χ0) is 11.1. The first-order valence-electron chi connectivity index (χ1n) is 5.77. The number of rotatable bonds is 4. The molecule has 1 aromatic rings. The highest BCUT2D eigenvalue weighted by Crippen LogP contribution is 2.30. The van der Waals surface area contributed by atoms with Gasteiger partial charge < -0.3 is 14.6 Å². The highest BCUT2D eigenvalue weighted by molar-refractivity contribution is 5.44. The van der Waals surface area contributed by atoms with Crippen molar-refractivity contribution in [3.63, 3.8) is 0 Å². The second-order valence-electron chi connectivity index (χ2n) is 4.67. The van der Waals surface area contributed by atoms with Gasteiger partial charge in [-0.2, -0.15) is 0 Å². The Morgan fingerprint density at radius 3 is 2.44 bits per heavy atom. The van der Waals surface area contributed by atoms with Gasteiger partial charge in [0.15, 0.2) is 0 Å². The van der Waals surface area contributed by atoms with Crippen molar-refractivity contribution in [2.75, 3.05) is 13.2 Å². The van der Waals surface area contributed by atoms with E-state index in [4.69, 9.17) is 9.47 Å². The third kappa shape index (κ3) is 2.06. The molecule has 1 N–H and O–H groups in total. The molecular weight excluding hydrogens is 204 g/mol. The summed E-state index contributed by atoms with van der Waals surface area (Å²) in [5.41, 5.74) is 3.54. The lowest BCUT2D eigenvalue weighted by molar-refractivity contribution is 0.400. The fourth-order valence-electron chi connectivity index (χ4n) is 2.12. The van der Waals surface area contributed by atoms with Crippen molar-refractivity contribution in [3.05, 3.63) is 28.8 Å². The zero-order valence-electron chi connectivity index (χ0n) is 9.40. The van der Waals surface area contributed by atoms with Crippen LogP contribution in [0.5, 0.6) is 5.75 Å². The van der Waals surface area contributed by atoms with Crippen molar-refractivity contribution >= 4 is 0 Å². The van der Waals surface area contributed by atoms with Crippen molar-refractivity contribution in [1.82, 2.24) is 0 Å². The Balaban J connectivity index is 1.89. The molecule has 0 spiro atoms. The molecule has 2 aliphatic rings. The minimum atomic E-state index is 0.361. The second-order valence-corrected chi connectivity index (χ2v) is 4.67. The maximum Gasteiger partial charge on any atom is 0.118 e. The molecule has 1 aromatic carbocycles. The van der Waals surface area contributed by atoms with E-state index in [1.807, 2.05) is 13.0 Å². The van der Waals surface area contributed by atoms with Crippen LogP contribution in [-0.2, 0) is 22.3 Å². The number of phenolic OH excluding ortho intramolecular Hbond substituents is 1. The molecule has 2 atom stereocenters. The van der Waals surface area contributed by atoms with E-state index in [1.165, 1.54) is 11.1 Å². The van der Waals surface area contributed by atoms with Crippen LogP contribution in [0.25, 0.3) is 0 Å². The van der Waals surface area contributed by atoms with Gasteiger partial charge in [-0.05, 0) is 29.7 Å². The summed E-state index contributed by atoms with van der Waals surface area (Å²) in [6.45, 7) is 3.71. The van der Waals surface area contributed by atoms with Crippen LogP contribution in [0, 0.1) is 6.92 Å². The van der Waals surface area contributed by atoms with Gasteiger partial charge in [-0.25, -0.2) is 0 Å². The Morgan fingerprint density at radius 2 is 1.81 bits per heavy atom. The lowest BCUT2D eigenvalue weighted by atomic mass is 9.94. The van der Waals surface area contributed by atoms with Gasteiger partial charge in [0, 0.05) is 12.8 Å². The van der Waals surface area contributed by atoms with Crippen molar-refractivity contribution in [2.45, 2.75) is 32.0 Å². The van der Waals surface area contributed by atoms with Crippen LogP contribution in [0.2, 0.25) is 0 Å². The summed E-state index contributed by atoms with van der Waals surface area (Å²) in [4.78, 5) is 0. The van der Waals surface area contributed by atoms with Crippen molar-refractivity contribution in [3.8, 4) is 5.75 Å². The lowest BCUT2D eigenvalue weighted by Gasteiger charge is -2.12. The Bertz CT molecular complexity index is 406. The van der Waals surface area contributed by atoms with Gasteiger partial charge in [0.05, 0.1) is 25.4 Å². The Kier molecular flexibility index (Phi) is 2.37. The molecule has 86 valence electrons. The molecule has 3 rings (SSSR count). The molecule has 0 radical (unpaired) electrons. The van der Waals surface area contributed by atoms with E-state index in [9.17, 15) is 5.11 Å². The number of benzene rings is 1. The number of phenols is 1. The number of hydrogen-bond acceptors (Lipinski definition) is 3. The SMILES string of the molecule is Cc1c(O)ccc(CC2CO2)c1CC1CO1. The highest BCUT2D eigenvalue weighted by Gasteiger charge is 2.28. The molecule has 0 saturated carbocycles. The fraction of sp³-hybridized carbons (Fsp3) is 0.538.